The summed E-state index contributed by atoms with van der Waals surface area (Å²) in [7, 11) is 1.55. The molecule has 5 heteroatoms. The molecule has 1 atom stereocenters. The van der Waals surface area contributed by atoms with Crippen molar-refractivity contribution in [1.29, 1.82) is 0 Å². The summed E-state index contributed by atoms with van der Waals surface area (Å²) in [4.78, 5) is 0. The first-order valence-corrected chi connectivity index (χ1v) is 7.37. The number of hydrogen-bond donors (Lipinski definition) is 0. The third kappa shape index (κ3) is 2.62. The quantitative estimate of drug-likeness (QED) is 0.659. The summed E-state index contributed by atoms with van der Waals surface area (Å²) in [6, 6.07) is 3.45. The molecule has 1 heterocycles. The summed E-state index contributed by atoms with van der Waals surface area (Å²) < 4.78 is 5.12. The number of hydrogen-bond acceptors (Lipinski definition) is 2. The molecule has 1 aromatic heterocycles. The maximum absolute atomic E-state index is 6.47. The molecule has 18 heavy (non-hydrogen) atoms. The number of halogens is 3. The van der Waals surface area contributed by atoms with Crippen LogP contribution in [0.25, 0.3) is 0 Å². The van der Waals surface area contributed by atoms with Crippen LogP contribution >= 0.6 is 46.1 Å². The molecule has 2 aromatic rings. The van der Waals surface area contributed by atoms with Gasteiger partial charge in [-0.05, 0) is 40.4 Å². The number of thiophene rings is 1. The van der Waals surface area contributed by atoms with E-state index < -0.39 is 0 Å². The van der Waals surface area contributed by atoms with Crippen LogP contribution in [0.5, 0.6) is 5.75 Å². The monoisotopic (exact) mass is 320 g/mol. The molecule has 0 spiro atoms. The second-order valence-electron chi connectivity index (χ2n) is 3.88. The van der Waals surface area contributed by atoms with Crippen molar-refractivity contribution in [2.45, 2.75) is 12.3 Å². The predicted octanol–water partition coefficient (Wildman–Crippen LogP) is 5.70. The second kappa shape index (κ2) is 5.70. The van der Waals surface area contributed by atoms with Crippen LogP contribution in [0.3, 0.4) is 0 Å². The summed E-state index contributed by atoms with van der Waals surface area (Å²) in [5, 5.41) is 4.86. The smallest absolute Gasteiger partial charge is 0.138 e. The van der Waals surface area contributed by atoms with E-state index in [1.165, 1.54) is 0 Å². The summed E-state index contributed by atoms with van der Waals surface area (Å²) in [5.41, 5.74) is 3.01. The van der Waals surface area contributed by atoms with Crippen LogP contribution in [-0.4, -0.2) is 7.11 Å². The molecular formula is C13H11Cl3OS. The number of aryl methyl sites for hydroxylation is 1. The van der Waals surface area contributed by atoms with Crippen molar-refractivity contribution < 1.29 is 4.74 Å². The lowest BCUT2D eigenvalue weighted by molar-refractivity contribution is 0.415. The van der Waals surface area contributed by atoms with Gasteiger partial charge in [0.05, 0.1) is 17.5 Å². The third-order valence-corrected chi connectivity index (χ3v) is 4.68. The Morgan fingerprint density at radius 3 is 2.39 bits per heavy atom. The fraction of sp³-hybridized carbons (Fsp3) is 0.231. The van der Waals surface area contributed by atoms with Crippen molar-refractivity contribution in [2.75, 3.05) is 7.11 Å². The lowest BCUT2D eigenvalue weighted by Crippen LogP contribution is -1.96. The van der Waals surface area contributed by atoms with E-state index in [0.29, 0.717) is 15.8 Å². The van der Waals surface area contributed by atoms with Gasteiger partial charge in [-0.3, -0.25) is 0 Å². The zero-order chi connectivity index (χ0) is 13.3. The Morgan fingerprint density at radius 1 is 1.11 bits per heavy atom. The molecule has 0 aliphatic rings. The van der Waals surface area contributed by atoms with Gasteiger partial charge in [-0.15, -0.1) is 11.6 Å². The van der Waals surface area contributed by atoms with Gasteiger partial charge in [0.25, 0.3) is 0 Å². The molecule has 0 radical (unpaired) electrons. The van der Waals surface area contributed by atoms with Gasteiger partial charge in [-0.1, -0.05) is 23.2 Å². The zero-order valence-corrected chi connectivity index (χ0v) is 12.9. The van der Waals surface area contributed by atoms with Crippen LogP contribution in [0, 0.1) is 6.92 Å². The molecule has 0 aliphatic heterocycles. The Hall–Kier alpha value is -0.410. The van der Waals surface area contributed by atoms with E-state index in [1.807, 2.05) is 12.3 Å². The molecule has 2 rings (SSSR count). The van der Waals surface area contributed by atoms with Crippen LogP contribution in [0.2, 0.25) is 10.0 Å². The highest BCUT2D eigenvalue weighted by Crippen LogP contribution is 2.40. The van der Waals surface area contributed by atoms with Crippen LogP contribution in [-0.2, 0) is 0 Å². The summed E-state index contributed by atoms with van der Waals surface area (Å²) in [5.74, 6) is 0.552. The van der Waals surface area contributed by atoms with Gasteiger partial charge < -0.3 is 4.74 Å². The van der Waals surface area contributed by atoms with Gasteiger partial charge in [0.2, 0.25) is 0 Å². The van der Waals surface area contributed by atoms with Crippen LogP contribution in [0.4, 0.5) is 0 Å². The molecular weight excluding hydrogens is 311 g/mol. The Morgan fingerprint density at radius 2 is 1.83 bits per heavy atom. The highest BCUT2D eigenvalue weighted by atomic mass is 35.5. The van der Waals surface area contributed by atoms with E-state index in [0.717, 1.165) is 16.7 Å². The Bertz CT molecular complexity index is 565. The molecule has 0 aliphatic carbocycles. The van der Waals surface area contributed by atoms with Crippen molar-refractivity contribution in [3.63, 3.8) is 0 Å². The molecule has 96 valence electrons. The van der Waals surface area contributed by atoms with E-state index in [2.05, 4.69) is 5.38 Å². The van der Waals surface area contributed by atoms with E-state index in [1.54, 1.807) is 30.6 Å². The first kappa shape index (κ1) is 14.0. The van der Waals surface area contributed by atoms with Gasteiger partial charge >= 0.3 is 0 Å². The largest absolute Gasteiger partial charge is 0.495 e. The van der Waals surface area contributed by atoms with Crippen molar-refractivity contribution in [3.05, 3.63) is 49.6 Å². The molecule has 0 N–H and O–H groups in total. The van der Waals surface area contributed by atoms with E-state index in [9.17, 15) is 0 Å². The minimum Gasteiger partial charge on any atom is -0.495 e. The van der Waals surface area contributed by atoms with Crippen molar-refractivity contribution >= 4 is 46.1 Å². The normalized spacial score (nSPS) is 12.5. The molecule has 0 fully saturated rings. The van der Waals surface area contributed by atoms with Crippen LogP contribution < -0.4 is 4.74 Å². The number of rotatable bonds is 3. The molecule has 0 saturated carbocycles. The molecule has 0 bridgehead atoms. The predicted molar refractivity (Wildman–Crippen MR) is 79.8 cm³/mol. The molecule has 0 amide bonds. The SMILES string of the molecule is COc1cc(Cl)c(C(Cl)c2cscc2C)cc1Cl. The minimum absolute atomic E-state index is 0.299. The van der Waals surface area contributed by atoms with E-state index >= 15 is 0 Å². The summed E-state index contributed by atoms with van der Waals surface area (Å²) in [6.45, 7) is 2.03. The first-order valence-electron chi connectivity index (χ1n) is 5.24. The summed E-state index contributed by atoms with van der Waals surface area (Å²) >= 11 is 20.4. The van der Waals surface area contributed by atoms with Crippen molar-refractivity contribution in [1.82, 2.24) is 0 Å². The number of ether oxygens (including phenoxy) is 1. The maximum atomic E-state index is 6.47. The minimum atomic E-state index is -0.299. The lowest BCUT2D eigenvalue weighted by atomic mass is 10.0. The second-order valence-corrected chi connectivity index (χ2v) is 5.88. The van der Waals surface area contributed by atoms with Gasteiger partial charge in [-0.25, -0.2) is 0 Å². The van der Waals surface area contributed by atoms with E-state index in [-0.39, 0.29) is 5.38 Å². The maximum Gasteiger partial charge on any atom is 0.138 e. The number of methoxy groups -OCH3 is 1. The molecule has 1 unspecified atom stereocenters. The molecule has 0 saturated heterocycles. The fourth-order valence-electron chi connectivity index (χ4n) is 1.69. The highest BCUT2D eigenvalue weighted by molar-refractivity contribution is 7.08. The summed E-state index contributed by atoms with van der Waals surface area (Å²) in [6.07, 6.45) is 0. The standard InChI is InChI=1S/C13H11Cl3OS/c1-7-5-18-6-9(7)13(16)8-3-11(15)12(17-2)4-10(8)14/h3-6,13H,1-2H3. The number of benzene rings is 1. The van der Waals surface area contributed by atoms with Gasteiger partial charge in [0, 0.05) is 11.1 Å². The van der Waals surface area contributed by atoms with Gasteiger partial charge in [0.1, 0.15) is 5.75 Å². The van der Waals surface area contributed by atoms with Crippen molar-refractivity contribution in [3.8, 4) is 5.75 Å². The average molecular weight is 322 g/mol. The first-order chi connectivity index (χ1) is 8.54. The van der Waals surface area contributed by atoms with Gasteiger partial charge in [-0.2, -0.15) is 11.3 Å². The van der Waals surface area contributed by atoms with Crippen molar-refractivity contribution in [2.24, 2.45) is 0 Å². The third-order valence-electron chi connectivity index (χ3n) is 2.71. The highest BCUT2D eigenvalue weighted by Gasteiger charge is 2.19. The lowest BCUT2D eigenvalue weighted by Gasteiger charge is -2.14. The zero-order valence-electron chi connectivity index (χ0n) is 9.84. The van der Waals surface area contributed by atoms with E-state index in [4.69, 9.17) is 39.5 Å². The molecule has 1 aromatic carbocycles. The topological polar surface area (TPSA) is 9.23 Å². The Balaban J connectivity index is 2.46. The fourth-order valence-corrected chi connectivity index (χ4v) is 3.63. The number of alkyl halides is 1. The van der Waals surface area contributed by atoms with Crippen LogP contribution in [0.1, 0.15) is 22.1 Å². The molecule has 1 nitrogen and oxygen atoms in total. The van der Waals surface area contributed by atoms with Gasteiger partial charge in [0.15, 0.2) is 0 Å². The Kier molecular flexibility index (Phi) is 4.44. The Labute approximate surface area is 125 Å². The average Bonchev–Trinajstić information content (AvgIpc) is 2.77. The van der Waals surface area contributed by atoms with Crippen LogP contribution in [0.15, 0.2) is 22.9 Å².